The minimum atomic E-state index is -3.29. The minimum Gasteiger partial charge on any atom is -0.479 e. The third-order valence-corrected chi connectivity index (χ3v) is 4.73. The fourth-order valence-electron chi connectivity index (χ4n) is 1.83. The maximum atomic E-state index is 12.2. The number of aliphatic carboxylic acids is 1. The molecule has 0 aromatic heterocycles. The number of carbonyl (C=O) groups excluding carboxylic acids is 1. The number of ether oxygens (including phenoxy) is 1. The predicted octanol–water partition coefficient (Wildman–Crippen LogP) is 0.345. The van der Waals surface area contributed by atoms with Gasteiger partial charge in [-0.25, -0.2) is 17.9 Å². The largest absolute Gasteiger partial charge is 0.479 e. The highest BCUT2D eigenvalue weighted by atomic mass is 32.2. The van der Waals surface area contributed by atoms with Crippen LogP contribution >= 0.6 is 0 Å². The van der Waals surface area contributed by atoms with Gasteiger partial charge in [0, 0.05) is 19.2 Å². The van der Waals surface area contributed by atoms with Crippen LogP contribution in [-0.4, -0.2) is 50.4 Å². The highest BCUT2D eigenvalue weighted by Gasteiger charge is 2.35. The summed E-state index contributed by atoms with van der Waals surface area (Å²) in [5.41, 5.74) is -0.594. The minimum absolute atomic E-state index is 0.0131. The van der Waals surface area contributed by atoms with E-state index >= 15 is 0 Å². The van der Waals surface area contributed by atoms with Gasteiger partial charge in [0.1, 0.15) is 0 Å². The Kier molecular flexibility index (Phi) is 6.88. The molecule has 0 radical (unpaired) electrons. The number of amides is 1. The van der Waals surface area contributed by atoms with Gasteiger partial charge in [-0.2, -0.15) is 0 Å². The average Bonchev–Trinajstić information content (AvgIpc) is 2.53. The number of carboxylic acid groups (broad SMARTS) is 1. The van der Waals surface area contributed by atoms with Gasteiger partial charge >= 0.3 is 5.97 Å². The zero-order valence-electron chi connectivity index (χ0n) is 13.8. The van der Waals surface area contributed by atoms with Crippen LogP contribution < -0.4 is 10.0 Å². The molecule has 0 aliphatic rings. The standard InChI is InChI=1S/C15H22N2O6S/c1-4-24(21,22)16-9-11-5-7-12(8-6-11)13(18)17-15(2,10-23-3)14(19)20/h5-8,16H,4,9-10H2,1-3H3,(H,17,18)(H,19,20). The van der Waals surface area contributed by atoms with E-state index in [0.29, 0.717) is 5.56 Å². The lowest BCUT2D eigenvalue weighted by molar-refractivity contribution is -0.145. The van der Waals surface area contributed by atoms with Crippen molar-refractivity contribution >= 4 is 21.9 Å². The van der Waals surface area contributed by atoms with Gasteiger partial charge in [-0.15, -0.1) is 0 Å². The van der Waals surface area contributed by atoms with E-state index in [4.69, 9.17) is 4.74 Å². The summed E-state index contributed by atoms with van der Waals surface area (Å²) in [6.07, 6.45) is 0. The molecule has 1 rings (SSSR count). The van der Waals surface area contributed by atoms with Crippen molar-refractivity contribution in [3.8, 4) is 0 Å². The Balaban J connectivity index is 2.78. The van der Waals surface area contributed by atoms with Gasteiger partial charge in [0.15, 0.2) is 5.54 Å². The van der Waals surface area contributed by atoms with Crippen LogP contribution in [0.15, 0.2) is 24.3 Å². The van der Waals surface area contributed by atoms with E-state index in [2.05, 4.69) is 10.0 Å². The molecule has 0 heterocycles. The number of sulfonamides is 1. The Hall–Kier alpha value is -1.97. The first-order valence-electron chi connectivity index (χ1n) is 7.24. The molecule has 0 saturated heterocycles. The Morgan fingerprint density at radius 2 is 1.83 bits per heavy atom. The monoisotopic (exact) mass is 358 g/mol. The molecular weight excluding hydrogens is 336 g/mol. The number of rotatable bonds is 9. The van der Waals surface area contributed by atoms with Crippen molar-refractivity contribution in [3.05, 3.63) is 35.4 Å². The second-order valence-corrected chi connectivity index (χ2v) is 7.54. The first-order valence-corrected chi connectivity index (χ1v) is 8.90. The number of hydrogen-bond donors (Lipinski definition) is 3. The molecule has 0 aliphatic carbocycles. The highest BCUT2D eigenvalue weighted by Crippen LogP contribution is 2.09. The van der Waals surface area contributed by atoms with Gasteiger partial charge in [0.25, 0.3) is 5.91 Å². The molecule has 1 amide bonds. The number of benzene rings is 1. The van der Waals surface area contributed by atoms with Gasteiger partial charge in [0.05, 0.1) is 12.4 Å². The van der Waals surface area contributed by atoms with Crippen LogP contribution in [0.4, 0.5) is 0 Å². The van der Waals surface area contributed by atoms with Gasteiger partial charge in [-0.3, -0.25) is 4.79 Å². The lowest BCUT2D eigenvalue weighted by atomic mass is 10.0. The molecular formula is C15H22N2O6S. The molecule has 134 valence electrons. The maximum Gasteiger partial charge on any atom is 0.331 e. The van der Waals surface area contributed by atoms with E-state index in [0.717, 1.165) is 0 Å². The van der Waals surface area contributed by atoms with Crippen LogP contribution in [0.5, 0.6) is 0 Å². The second-order valence-electron chi connectivity index (χ2n) is 5.45. The normalized spacial score (nSPS) is 14.0. The van der Waals surface area contributed by atoms with Crippen molar-refractivity contribution < 1.29 is 27.9 Å². The maximum absolute atomic E-state index is 12.2. The van der Waals surface area contributed by atoms with Gasteiger partial charge in [-0.1, -0.05) is 12.1 Å². The Labute approximate surface area is 141 Å². The van der Waals surface area contributed by atoms with Crippen molar-refractivity contribution in [2.24, 2.45) is 0 Å². The van der Waals surface area contributed by atoms with Crippen molar-refractivity contribution in [1.29, 1.82) is 0 Å². The molecule has 0 aliphatic heterocycles. The molecule has 8 nitrogen and oxygen atoms in total. The smallest absolute Gasteiger partial charge is 0.331 e. The summed E-state index contributed by atoms with van der Waals surface area (Å²) in [4.78, 5) is 23.5. The zero-order chi connectivity index (χ0) is 18.4. The first kappa shape index (κ1) is 20.1. The summed E-state index contributed by atoms with van der Waals surface area (Å²) in [6, 6.07) is 6.20. The van der Waals surface area contributed by atoms with E-state index in [9.17, 15) is 23.1 Å². The fraction of sp³-hybridized carbons (Fsp3) is 0.467. The van der Waals surface area contributed by atoms with Crippen LogP contribution in [0.3, 0.4) is 0 Å². The summed E-state index contributed by atoms with van der Waals surface area (Å²) in [5.74, 6) is -1.78. The summed E-state index contributed by atoms with van der Waals surface area (Å²) in [6.45, 7) is 2.83. The molecule has 0 saturated carbocycles. The van der Waals surface area contributed by atoms with E-state index in [1.807, 2.05) is 0 Å². The SMILES string of the molecule is CCS(=O)(=O)NCc1ccc(C(=O)NC(C)(COC)C(=O)O)cc1. The molecule has 0 fully saturated rings. The fourth-order valence-corrected chi connectivity index (χ4v) is 2.42. The average molecular weight is 358 g/mol. The lowest BCUT2D eigenvalue weighted by Crippen LogP contribution is -2.55. The van der Waals surface area contributed by atoms with Crippen molar-refractivity contribution in [3.63, 3.8) is 0 Å². The van der Waals surface area contributed by atoms with E-state index < -0.39 is 27.4 Å². The molecule has 3 N–H and O–H groups in total. The van der Waals surface area contributed by atoms with Gasteiger partial charge in [0.2, 0.25) is 10.0 Å². The van der Waals surface area contributed by atoms with Gasteiger partial charge in [-0.05, 0) is 31.5 Å². The van der Waals surface area contributed by atoms with Crippen LogP contribution in [0, 0.1) is 0 Å². The third-order valence-electron chi connectivity index (χ3n) is 3.39. The molecule has 1 unspecified atom stereocenters. The Bertz CT molecular complexity index is 686. The van der Waals surface area contributed by atoms with Crippen molar-refractivity contribution in [2.75, 3.05) is 19.5 Å². The zero-order valence-corrected chi connectivity index (χ0v) is 14.6. The molecule has 1 aromatic rings. The van der Waals surface area contributed by atoms with E-state index in [1.165, 1.54) is 33.1 Å². The number of carbonyl (C=O) groups is 2. The third kappa shape index (κ3) is 5.59. The van der Waals surface area contributed by atoms with Crippen LogP contribution in [0.25, 0.3) is 0 Å². The predicted molar refractivity (Wildman–Crippen MR) is 88.1 cm³/mol. The number of methoxy groups -OCH3 is 1. The lowest BCUT2D eigenvalue weighted by Gasteiger charge is -2.25. The number of nitrogens with one attached hydrogen (secondary N) is 2. The molecule has 1 aromatic carbocycles. The Morgan fingerprint density at radius 3 is 2.29 bits per heavy atom. The molecule has 0 spiro atoms. The van der Waals surface area contributed by atoms with E-state index in [1.54, 1.807) is 12.1 Å². The topological polar surface area (TPSA) is 122 Å². The number of hydrogen-bond acceptors (Lipinski definition) is 5. The summed E-state index contributed by atoms with van der Waals surface area (Å²) < 4.78 is 30.0. The van der Waals surface area contributed by atoms with Crippen LogP contribution in [0.2, 0.25) is 0 Å². The van der Waals surface area contributed by atoms with Gasteiger partial charge < -0.3 is 15.2 Å². The highest BCUT2D eigenvalue weighted by molar-refractivity contribution is 7.89. The van der Waals surface area contributed by atoms with Crippen LogP contribution in [-0.2, 0) is 26.1 Å². The quantitative estimate of drug-likeness (QED) is 0.585. The molecule has 1 atom stereocenters. The second kappa shape index (κ2) is 8.22. The number of carboxylic acids is 1. The van der Waals surface area contributed by atoms with E-state index in [-0.39, 0.29) is 24.5 Å². The van der Waals surface area contributed by atoms with Crippen molar-refractivity contribution in [1.82, 2.24) is 10.0 Å². The molecule has 0 bridgehead atoms. The first-order chi connectivity index (χ1) is 11.1. The van der Waals surface area contributed by atoms with Crippen LogP contribution in [0.1, 0.15) is 29.8 Å². The molecule has 9 heteroatoms. The summed E-state index contributed by atoms with van der Waals surface area (Å²) >= 11 is 0. The van der Waals surface area contributed by atoms with Crippen molar-refractivity contribution in [2.45, 2.75) is 25.9 Å². The molecule has 24 heavy (non-hydrogen) atoms. The summed E-state index contributed by atoms with van der Waals surface area (Å²) in [7, 11) is -1.95. The Morgan fingerprint density at radius 1 is 1.25 bits per heavy atom. The summed E-state index contributed by atoms with van der Waals surface area (Å²) in [5, 5.41) is 11.6.